The molecule has 5 nitrogen and oxygen atoms in total. The average molecular weight is 366 g/mol. The third-order valence-corrected chi connectivity index (χ3v) is 5.17. The number of hydrogen-bond acceptors (Lipinski definition) is 3. The van der Waals surface area contributed by atoms with Gasteiger partial charge in [0, 0.05) is 19.5 Å². The normalized spacial score (nSPS) is 17.0. The van der Waals surface area contributed by atoms with Gasteiger partial charge in [0.2, 0.25) is 5.91 Å². The van der Waals surface area contributed by atoms with Gasteiger partial charge in [-0.05, 0) is 49.2 Å². The van der Waals surface area contributed by atoms with E-state index in [1.165, 1.54) is 23.3 Å². The largest absolute Gasteiger partial charge is 0.355 e. The van der Waals surface area contributed by atoms with Crippen LogP contribution in [0.1, 0.15) is 23.4 Å². The molecule has 1 amide bonds. The standard InChI is InChI=1S/C21H23FN4O/c1-26-13-15-6-3-2-5-14(15)11-19(26)21(27)23-10-4-7-20-24-17-9-8-16(22)12-18(17)25-20/h2-3,5-6,8-9,12,19H,4,7,10-11,13H2,1H3,(H,23,27)(H,24,25). The zero-order chi connectivity index (χ0) is 18.8. The molecule has 0 aliphatic carbocycles. The first-order valence-electron chi connectivity index (χ1n) is 9.29. The molecule has 1 atom stereocenters. The second-order valence-electron chi connectivity index (χ2n) is 7.14. The number of halogens is 1. The summed E-state index contributed by atoms with van der Waals surface area (Å²) in [6.45, 7) is 1.39. The van der Waals surface area contributed by atoms with Gasteiger partial charge in [-0.15, -0.1) is 0 Å². The van der Waals surface area contributed by atoms with E-state index in [0.717, 1.165) is 30.7 Å². The zero-order valence-electron chi connectivity index (χ0n) is 15.3. The smallest absolute Gasteiger partial charge is 0.237 e. The maximum atomic E-state index is 13.2. The molecule has 2 aromatic carbocycles. The van der Waals surface area contributed by atoms with Crippen molar-refractivity contribution in [2.45, 2.75) is 31.8 Å². The highest BCUT2D eigenvalue weighted by atomic mass is 19.1. The Bertz CT molecular complexity index is 968. The molecular weight excluding hydrogens is 343 g/mol. The summed E-state index contributed by atoms with van der Waals surface area (Å²) in [6.07, 6.45) is 2.23. The number of hydrogen-bond donors (Lipinski definition) is 2. The van der Waals surface area contributed by atoms with Gasteiger partial charge in [0.25, 0.3) is 0 Å². The molecule has 1 aliphatic rings. The molecule has 0 radical (unpaired) electrons. The van der Waals surface area contributed by atoms with Crippen molar-refractivity contribution in [1.82, 2.24) is 20.2 Å². The van der Waals surface area contributed by atoms with E-state index in [9.17, 15) is 9.18 Å². The number of benzene rings is 2. The van der Waals surface area contributed by atoms with Crippen LogP contribution in [0.15, 0.2) is 42.5 Å². The van der Waals surface area contributed by atoms with E-state index in [2.05, 4.69) is 32.3 Å². The van der Waals surface area contributed by atoms with Gasteiger partial charge in [0.05, 0.1) is 17.1 Å². The molecule has 1 aliphatic heterocycles. The van der Waals surface area contributed by atoms with Crippen molar-refractivity contribution in [2.75, 3.05) is 13.6 Å². The van der Waals surface area contributed by atoms with Crippen LogP contribution in [0.5, 0.6) is 0 Å². The van der Waals surface area contributed by atoms with E-state index in [-0.39, 0.29) is 17.8 Å². The summed E-state index contributed by atoms with van der Waals surface area (Å²) in [7, 11) is 1.99. The molecule has 1 aromatic heterocycles. The Balaban J connectivity index is 1.29. The zero-order valence-corrected chi connectivity index (χ0v) is 15.3. The minimum atomic E-state index is -0.275. The Morgan fingerprint density at radius 3 is 2.96 bits per heavy atom. The number of rotatable bonds is 5. The van der Waals surface area contributed by atoms with E-state index in [1.807, 2.05) is 19.2 Å². The molecule has 140 valence electrons. The second-order valence-corrected chi connectivity index (χ2v) is 7.14. The second kappa shape index (κ2) is 7.48. The third kappa shape index (κ3) is 3.85. The number of imidazole rings is 1. The molecule has 3 aromatic rings. The van der Waals surface area contributed by atoms with Gasteiger partial charge in [-0.2, -0.15) is 0 Å². The molecule has 0 bridgehead atoms. The number of fused-ring (bicyclic) bond motifs is 2. The van der Waals surface area contributed by atoms with Crippen LogP contribution >= 0.6 is 0 Å². The highest BCUT2D eigenvalue weighted by Gasteiger charge is 2.28. The van der Waals surface area contributed by atoms with Crippen molar-refractivity contribution >= 4 is 16.9 Å². The fraction of sp³-hybridized carbons (Fsp3) is 0.333. The number of carbonyl (C=O) groups excluding carboxylic acids is 1. The Hall–Kier alpha value is -2.73. The molecule has 0 saturated heterocycles. The van der Waals surface area contributed by atoms with Crippen molar-refractivity contribution in [3.8, 4) is 0 Å². The monoisotopic (exact) mass is 366 g/mol. The third-order valence-electron chi connectivity index (χ3n) is 5.17. The molecule has 0 spiro atoms. The summed E-state index contributed by atoms with van der Waals surface area (Å²) in [4.78, 5) is 22.3. The van der Waals surface area contributed by atoms with Crippen LogP contribution in [-0.2, 0) is 24.2 Å². The number of H-pyrrole nitrogens is 1. The number of nitrogens with one attached hydrogen (secondary N) is 2. The molecule has 4 rings (SSSR count). The van der Waals surface area contributed by atoms with Crippen LogP contribution in [0.3, 0.4) is 0 Å². The fourth-order valence-corrected chi connectivity index (χ4v) is 3.69. The van der Waals surface area contributed by atoms with Crippen LogP contribution in [0.4, 0.5) is 4.39 Å². The SMILES string of the molecule is CN1Cc2ccccc2CC1C(=O)NCCCc1nc2ccc(F)cc2[nH]1. The number of amides is 1. The van der Waals surface area contributed by atoms with Crippen molar-refractivity contribution in [1.29, 1.82) is 0 Å². The van der Waals surface area contributed by atoms with E-state index in [4.69, 9.17) is 0 Å². The van der Waals surface area contributed by atoms with Gasteiger partial charge < -0.3 is 10.3 Å². The number of aromatic amines is 1. The highest BCUT2D eigenvalue weighted by Crippen LogP contribution is 2.22. The molecule has 0 fully saturated rings. The first kappa shape index (κ1) is 17.7. The molecule has 27 heavy (non-hydrogen) atoms. The number of carbonyl (C=O) groups is 1. The lowest BCUT2D eigenvalue weighted by Crippen LogP contribution is -2.48. The van der Waals surface area contributed by atoms with E-state index in [1.54, 1.807) is 6.07 Å². The quantitative estimate of drug-likeness (QED) is 0.683. The lowest BCUT2D eigenvalue weighted by molar-refractivity contribution is -0.126. The molecule has 2 heterocycles. The van der Waals surface area contributed by atoms with E-state index >= 15 is 0 Å². The summed E-state index contributed by atoms with van der Waals surface area (Å²) in [6, 6.07) is 12.7. The van der Waals surface area contributed by atoms with Crippen molar-refractivity contribution in [2.24, 2.45) is 0 Å². The highest BCUT2D eigenvalue weighted by molar-refractivity contribution is 5.82. The molecule has 1 unspecified atom stereocenters. The van der Waals surface area contributed by atoms with Gasteiger partial charge in [-0.25, -0.2) is 9.37 Å². The molecule has 2 N–H and O–H groups in total. The summed E-state index contributed by atoms with van der Waals surface area (Å²) >= 11 is 0. The molecule has 6 heteroatoms. The fourth-order valence-electron chi connectivity index (χ4n) is 3.69. The number of likely N-dealkylation sites (N-methyl/N-ethyl adjacent to an activating group) is 1. The lowest BCUT2D eigenvalue weighted by Gasteiger charge is -2.33. The maximum absolute atomic E-state index is 13.2. The average Bonchev–Trinajstić information content (AvgIpc) is 3.06. The summed E-state index contributed by atoms with van der Waals surface area (Å²) < 4.78 is 13.2. The number of nitrogens with zero attached hydrogens (tertiary/aromatic N) is 2. The number of aryl methyl sites for hydroxylation is 1. The Morgan fingerprint density at radius 1 is 1.30 bits per heavy atom. The molecular formula is C21H23FN4O. The van der Waals surface area contributed by atoms with E-state index < -0.39 is 0 Å². The van der Waals surface area contributed by atoms with Crippen LogP contribution in [0.2, 0.25) is 0 Å². The van der Waals surface area contributed by atoms with Gasteiger partial charge in [-0.1, -0.05) is 24.3 Å². The van der Waals surface area contributed by atoms with Crippen molar-refractivity contribution in [3.05, 3.63) is 65.2 Å². The molecule has 0 saturated carbocycles. The van der Waals surface area contributed by atoms with Crippen LogP contribution in [0, 0.1) is 5.82 Å². The van der Waals surface area contributed by atoms with Crippen LogP contribution < -0.4 is 5.32 Å². The van der Waals surface area contributed by atoms with Crippen molar-refractivity contribution < 1.29 is 9.18 Å². The number of aromatic nitrogens is 2. The summed E-state index contributed by atoms with van der Waals surface area (Å²) in [5.41, 5.74) is 4.02. The Kier molecular flexibility index (Phi) is 4.90. The van der Waals surface area contributed by atoms with Crippen LogP contribution in [-0.4, -0.2) is 40.4 Å². The van der Waals surface area contributed by atoms with Gasteiger partial charge >= 0.3 is 0 Å². The maximum Gasteiger partial charge on any atom is 0.237 e. The predicted octanol–water partition coefficient (Wildman–Crippen LogP) is 2.81. The Morgan fingerprint density at radius 2 is 2.11 bits per heavy atom. The summed E-state index contributed by atoms with van der Waals surface area (Å²) in [5, 5.41) is 3.04. The first-order valence-corrected chi connectivity index (χ1v) is 9.29. The lowest BCUT2D eigenvalue weighted by atomic mass is 9.94. The predicted molar refractivity (Wildman–Crippen MR) is 103 cm³/mol. The van der Waals surface area contributed by atoms with Crippen molar-refractivity contribution in [3.63, 3.8) is 0 Å². The van der Waals surface area contributed by atoms with E-state index in [0.29, 0.717) is 18.5 Å². The van der Waals surface area contributed by atoms with Gasteiger partial charge in [-0.3, -0.25) is 9.69 Å². The minimum Gasteiger partial charge on any atom is -0.355 e. The Labute approximate surface area is 157 Å². The minimum absolute atomic E-state index is 0.0682. The topological polar surface area (TPSA) is 61.0 Å². The van der Waals surface area contributed by atoms with Gasteiger partial charge in [0.15, 0.2) is 0 Å². The van der Waals surface area contributed by atoms with Crippen LogP contribution in [0.25, 0.3) is 11.0 Å². The first-order chi connectivity index (χ1) is 13.1. The summed E-state index contributed by atoms with van der Waals surface area (Å²) in [5.74, 6) is 0.607. The van der Waals surface area contributed by atoms with Gasteiger partial charge in [0.1, 0.15) is 11.6 Å².